The van der Waals surface area contributed by atoms with Crippen LogP contribution in [0.2, 0.25) is 0 Å². The summed E-state index contributed by atoms with van der Waals surface area (Å²) >= 11 is 0. The van der Waals surface area contributed by atoms with Gasteiger partial charge in [-0.25, -0.2) is 4.68 Å². The van der Waals surface area contributed by atoms with Gasteiger partial charge in [-0.3, -0.25) is 9.59 Å². The number of benzene rings is 1. The fourth-order valence-corrected chi connectivity index (χ4v) is 2.54. The Morgan fingerprint density at radius 1 is 1.19 bits per heavy atom. The first-order chi connectivity index (χ1) is 12.6. The predicted octanol–water partition coefficient (Wildman–Crippen LogP) is 2.59. The number of aromatic nitrogens is 2. The Morgan fingerprint density at radius 3 is 2.85 bits per heavy atom. The van der Waals surface area contributed by atoms with Crippen molar-refractivity contribution in [3.05, 3.63) is 71.8 Å². The number of furan rings is 1. The molecule has 0 aliphatic heterocycles. The van der Waals surface area contributed by atoms with E-state index >= 15 is 0 Å². The van der Waals surface area contributed by atoms with Crippen LogP contribution in [0.3, 0.4) is 0 Å². The molecule has 0 aliphatic carbocycles. The molecule has 0 saturated heterocycles. The van der Waals surface area contributed by atoms with Gasteiger partial charge in [0.2, 0.25) is 5.91 Å². The molecule has 3 rings (SSSR count). The second kappa shape index (κ2) is 8.15. The lowest BCUT2D eigenvalue weighted by Crippen LogP contribution is -2.27. The summed E-state index contributed by atoms with van der Waals surface area (Å²) in [5.74, 6) is 0.304. The van der Waals surface area contributed by atoms with Gasteiger partial charge in [0, 0.05) is 19.0 Å². The van der Waals surface area contributed by atoms with Crippen LogP contribution in [0.15, 0.2) is 59.3 Å². The van der Waals surface area contributed by atoms with E-state index in [1.54, 1.807) is 29.1 Å². The lowest BCUT2D eigenvalue weighted by Gasteiger charge is -2.10. The minimum absolute atomic E-state index is 0.155. The zero-order valence-corrected chi connectivity index (χ0v) is 14.4. The average Bonchev–Trinajstić information content (AvgIpc) is 3.27. The number of hydrogen-bond acceptors (Lipinski definition) is 4. The second-order valence-electron chi connectivity index (χ2n) is 5.89. The van der Waals surface area contributed by atoms with E-state index < -0.39 is 0 Å². The van der Waals surface area contributed by atoms with Crippen LogP contribution in [-0.4, -0.2) is 28.1 Å². The lowest BCUT2D eigenvalue weighted by atomic mass is 10.1. The maximum atomic E-state index is 12.1. The van der Waals surface area contributed by atoms with Gasteiger partial charge < -0.3 is 15.1 Å². The van der Waals surface area contributed by atoms with E-state index in [0.717, 1.165) is 5.56 Å². The normalized spacial score (nSPS) is 10.5. The summed E-state index contributed by atoms with van der Waals surface area (Å²) in [5, 5.41) is 9.72. The van der Waals surface area contributed by atoms with Crippen molar-refractivity contribution in [2.24, 2.45) is 0 Å². The van der Waals surface area contributed by atoms with Gasteiger partial charge in [0.1, 0.15) is 5.82 Å². The van der Waals surface area contributed by atoms with E-state index in [1.807, 2.05) is 25.1 Å². The van der Waals surface area contributed by atoms with Crippen molar-refractivity contribution >= 4 is 17.6 Å². The molecular formula is C19H20N4O3. The number of hydrogen-bond donors (Lipinski definition) is 2. The summed E-state index contributed by atoms with van der Waals surface area (Å²) in [6.45, 7) is 2.82. The van der Waals surface area contributed by atoms with E-state index in [0.29, 0.717) is 12.4 Å². The number of carbonyl (C=O) groups is 2. The van der Waals surface area contributed by atoms with Crippen molar-refractivity contribution in [1.29, 1.82) is 0 Å². The van der Waals surface area contributed by atoms with Gasteiger partial charge in [0.05, 0.1) is 19.0 Å². The van der Waals surface area contributed by atoms with Crippen LogP contribution in [0.4, 0.5) is 5.82 Å². The number of nitrogens with one attached hydrogen (secondary N) is 2. The maximum Gasteiger partial charge on any atom is 0.286 e. The van der Waals surface area contributed by atoms with Crippen LogP contribution >= 0.6 is 0 Å². The largest absolute Gasteiger partial charge is 0.459 e. The lowest BCUT2D eigenvalue weighted by molar-refractivity contribution is -0.116. The molecule has 3 aromatic rings. The first-order valence-electron chi connectivity index (χ1n) is 8.31. The van der Waals surface area contributed by atoms with Crippen LogP contribution in [0.25, 0.3) is 0 Å². The van der Waals surface area contributed by atoms with Gasteiger partial charge in [0.25, 0.3) is 5.91 Å². The van der Waals surface area contributed by atoms with Crippen molar-refractivity contribution in [2.45, 2.75) is 19.9 Å². The second-order valence-corrected chi connectivity index (χ2v) is 5.89. The molecule has 0 saturated carbocycles. The number of nitrogens with zero attached hydrogens (tertiary/aromatic N) is 2. The third kappa shape index (κ3) is 4.60. The van der Waals surface area contributed by atoms with Crippen molar-refractivity contribution < 1.29 is 14.0 Å². The van der Waals surface area contributed by atoms with E-state index in [-0.39, 0.29) is 30.5 Å². The minimum Gasteiger partial charge on any atom is -0.459 e. The summed E-state index contributed by atoms with van der Waals surface area (Å²) < 4.78 is 6.72. The van der Waals surface area contributed by atoms with Crippen molar-refractivity contribution in [1.82, 2.24) is 15.1 Å². The van der Waals surface area contributed by atoms with E-state index in [2.05, 4.69) is 21.8 Å². The van der Waals surface area contributed by atoms with Crippen molar-refractivity contribution in [3.8, 4) is 0 Å². The first kappa shape index (κ1) is 17.5. The third-order valence-corrected chi connectivity index (χ3v) is 3.78. The number of anilines is 1. The van der Waals surface area contributed by atoms with Crippen LogP contribution in [0.5, 0.6) is 0 Å². The zero-order chi connectivity index (χ0) is 18.4. The summed E-state index contributed by atoms with van der Waals surface area (Å²) in [7, 11) is 0. The molecule has 1 aromatic carbocycles. The molecule has 0 radical (unpaired) electrons. The third-order valence-electron chi connectivity index (χ3n) is 3.78. The highest BCUT2D eigenvalue weighted by Gasteiger charge is 2.11. The highest BCUT2D eigenvalue weighted by Crippen LogP contribution is 2.11. The molecule has 0 aliphatic rings. The van der Waals surface area contributed by atoms with Gasteiger partial charge in [-0.2, -0.15) is 5.10 Å². The SMILES string of the molecule is Cc1cccc(Cn2nccc2NC(=O)CCNC(=O)c2ccco2)c1. The van der Waals surface area contributed by atoms with E-state index in [1.165, 1.54) is 11.8 Å². The Morgan fingerprint density at radius 2 is 2.08 bits per heavy atom. The fourth-order valence-electron chi connectivity index (χ4n) is 2.54. The van der Waals surface area contributed by atoms with Gasteiger partial charge in [-0.05, 0) is 24.6 Å². The number of amides is 2. The van der Waals surface area contributed by atoms with Crippen molar-refractivity contribution in [3.63, 3.8) is 0 Å². The smallest absolute Gasteiger partial charge is 0.286 e. The molecule has 2 heterocycles. The topological polar surface area (TPSA) is 89.2 Å². The number of rotatable bonds is 7. The Hall–Kier alpha value is -3.35. The molecule has 7 nitrogen and oxygen atoms in total. The number of carbonyl (C=O) groups excluding carboxylic acids is 2. The molecule has 2 amide bonds. The fraction of sp³-hybridized carbons (Fsp3) is 0.211. The molecule has 7 heteroatoms. The van der Waals surface area contributed by atoms with E-state index in [9.17, 15) is 9.59 Å². The summed E-state index contributed by atoms with van der Waals surface area (Å²) in [6.07, 6.45) is 3.23. The molecule has 0 atom stereocenters. The maximum absolute atomic E-state index is 12.1. The van der Waals surface area contributed by atoms with Gasteiger partial charge in [0.15, 0.2) is 5.76 Å². The first-order valence-corrected chi connectivity index (χ1v) is 8.31. The molecule has 0 unspecified atom stereocenters. The van der Waals surface area contributed by atoms with Crippen LogP contribution < -0.4 is 10.6 Å². The molecule has 0 bridgehead atoms. The van der Waals surface area contributed by atoms with Gasteiger partial charge in [-0.1, -0.05) is 29.8 Å². The van der Waals surface area contributed by atoms with Crippen LogP contribution in [0.1, 0.15) is 28.1 Å². The molecule has 0 spiro atoms. The summed E-state index contributed by atoms with van der Waals surface area (Å²) in [4.78, 5) is 23.8. The van der Waals surface area contributed by atoms with Crippen LogP contribution in [-0.2, 0) is 11.3 Å². The highest BCUT2D eigenvalue weighted by atomic mass is 16.3. The van der Waals surface area contributed by atoms with Gasteiger partial charge in [-0.15, -0.1) is 0 Å². The molecule has 2 N–H and O–H groups in total. The van der Waals surface area contributed by atoms with Crippen molar-refractivity contribution in [2.75, 3.05) is 11.9 Å². The standard InChI is InChI=1S/C19H20N4O3/c1-14-4-2-5-15(12-14)13-23-17(7-10-21-23)22-18(24)8-9-20-19(25)16-6-3-11-26-16/h2-7,10-12H,8-9,13H2,1H3,(H,20,25)(H,22,24). The number of aryl methyl sites for hydroxylation is 1. The monoisotopic (exact) mass is 352 g/mol. The summed E-state index contributed by atoms with van der Waals surface area (Å²) in [6, 6.07) is 13.1. The van der Waals surface area contributed by atoms with E-state index in [4.69, 9.17) is 4.42 Å². The summed E-state index contributed by atoms with van der Waals surface area (Å²) in [5.41, 5.74) is 2.28. The van der Waals surface area contributed by atoms with Gasteiger partial charge >= 0.3 is 0 Å². The Labute approximate surface area is 151 Å². The Balaban J connectivity index is 1.50. The molecule has 134 valence electrons. The molecule has 0 fully saturated rings. The Kier molecular flexibility index (Phi) is 5.48. The predicted molar refractivity (Wildman–Crippen MR) is 96.8 cm³/mol. The molecular weight excluding hydrogens is 332 g/mol. The quantitative estimate of drug-likeness (QED) is 0.684. The molecule has 26 heavy (non-hydrogen) atoms. The zero-order valence-electron chi connectivity index (χ0n) is 14.4. The van der Waals surface area contributed by atoms with Crippen LogP contribution in [0, 0.1) is 6.92 Å². The minimum atomic E-state index is -0.340. The average molecular weight is 352 g/mol. The Bertz CT molecular complexity index is 884. The highest BCUT2D eigenvalue weighted by molar-refractivity contribution is 5.93. The molecule has 2 aromatic heterocycles.